The van der Waals surface area contributed by atoms with Crippen molar-refractivity contribution in [1.82, 2.24) is 20.5 Å². The number of benzene rings is 1. The molecule has 6 nitrogen and oxygen atoms in total. The maximum Gasteiger partial charge on any atom is 0.164 e. The van der Waals surface area contributed by atoms with Crippen LogP contribution in [-0.4, -0.2) is 39.2 Å². The van der Waals surface area contributed by atoms with Gasteiger partial charge < -0.3 is 10.4 Å². The Morgan fingerprint density at radius 3 is 2.88 bits per heavy atom. The Bertz CT molecular complexity index is 880. The SMILES string of the molecule is O=C(CC1CCNC1)c1cc(-c2ccc(O)cc2)nc2[nH]ncc12. The fourth-order valence-corrected chi connectivity index (χ4v) is 3.20. The van der Waals surface area contributed by atoms with Gasteiger partial charge in [0.25, 0.3) is 0 Å². The van der Waals surface area contributed by atoms with E-state index in [0.29, 0.717) is 29.2 Å². The summed E-state index contributed by atoms with van der Waals surface area (Å²) in [5.74, 6) is 0.716. The van der Waals surface area contributed by atoms with E-state index in [0.717, 1.165) is 30.5 Å². The molecule has 0 bridgehead atoms. The number of fused-ring (bicyclic) bond motifs is 1. The molecule has 0 radical (unpaired) electrons. The molecule has 122 valence electrons. The number of nitrogens with one attached hydrogen (secondary N) is 2. The maximum absolute atomic E-state index is 12.8. The standard InChI is InChI=1S/C18H18N4O2/c23-13-3-1-12(2-4-13)16-8-14(15-10-20-22-18(15)21-16)17(24)7-11-5-6-19-9-11/h1-4,8,10-11,19,23H,5-7,9H2,(H,20,21,22). The molecule has 1 aliphatic heterocycles. The summed E-state index contributed by atoms with van der Waals surface area (Å²) in [6, 6.07) is 8.62. The third kappa shape index (κ3) is 2.76. The number of H-pyrrole nitrogens is 1. The first-order chi connectivity index (χ1) is 11.7. The molecule has 0 aliphatic carbocycles. The maximum atomic E-state index is 12.8. The van der Waals surface area contributed by atoms with Gasteiger partial charge in [0.15, 0.2) is 11.4 Å². The summed E-state index contributed by atoms with van der Waals surface area (Å²) >= 11 is 0. The smallest absolute Gasteiger partial charge is 0.164 e. The predicted octanol–water partition coefficient (Wildman–Crippen LogP) is 2.51. The zero-order valence-electron chi connectivity index (χ0n) is 13.1. The van der Waals surface area contributed by atoms with Gasteiger partial charge in [-0.05, 0) is 55.8 Å². The molecule has 1 aromatic carbocycles. The first-order valence-corrected chi connectivity index (χ1v) is 8.08. The normalized spacial score (nSPS) is 17.4. The van der Waals surface area contributed by atoms with E-state index in [1.54, 1.807) is 30.5 Å². The predicted molar refractivity (Wildman–Crippen MR) is 90.9 cm³/mol. The first kappa shape index (κ1) is 14.8. The second-order valence-corrected chi connectivity index (χ2v) is 6.22. The van der Waals surface area contributed by atoms with Crippen LogP contribution >= 0.6 is 0 Å². The number of nitrogens with zero attached hydrogens (tertiary/aromatic N) is 2. The van der Waals surface area contributed by atoms with Crippen molar-refractivity contribution in [2.24, 2.45) is 5.92 Å². The lowest BCUT2D eigenvalue weighted by atomic mass is 9.95. The van der Waals surface area contributed by atoms with Crippen LogP contribution in [0.4, 0.5) is 0 Å². The van der Waals surface area contributed by atoms with E-state index >= 15 is 0 Å². The second kappa shape index (κ2) is 6.05. The average Bonchev–Trinajstić information content (AvgIpc) is 3.25. The van der Waals surface area contributed by atoms with Crippen molar-refractivity contribution in [1.29, 1.82) is 0 Å². The Morgan fingerprint density at radius 2 is 2.12 bits per heavy atom. The molecular weight excluding hydrogens is 304 g/mol. The molecule has 4 rings (SSSR count). The summed E-state index contributed by atoms with van der Waals surface area (Å²) in [6.45, 7) is 1.88. The second-order valence-electron chi connectivity index (χ2n) is 6.22. The Hall–Kier alpha value is -2.73. The lowest BCUT2D eigenvalue weighted by molar-refractivity contribution is 0.0966. The number of ketones is 1. The van der Waals surface area contributed by atoms with Gasteiger partial charge in [0, 0.05) is 22.9 Å². The lowest BCUT2D eigenvalue weighted by Crippen LogP contribution is -2.13. The monoisotopic (exact) mass is 322 g/mol. The molecule has 1 aliphatic rings. The van der Waals surface area contributed by atoms with Crippen LogP contribution in [0.25, 0.3) is 22.3 Å². The van der Waals surface area contributed by atoms with Gasteiger partial charge in [-0.3, -0.25) is 9.89 Å². The third-order valence-corrected chi connectivity index (χ3v) is 4.52. The highest BCUT2D eigenvalue weighted by molar-refractivity contribution is 6.07. The van der Waals surface area contributed by atoms with Gasteiger partial charge in [0.1, 0.15) is 5.75 Å². The summed E-state index contributed by atoms with van der Waals surface area (Å²) < 4.78 is 0. The van der Waals surface area contributed by atoms with Gasteiger partial charge in [-0.25, -0.2) is 4.98 Å². The molecule has 3 aromatic rings. The number of Topliss-reactive ketones (excluding diaryl/α,β-unsaturated/α-hetero) is 1. The van der Waals surface area contributed by atoms with Crippen LogP contribution in [-0.2, 0) is 0 Å². The number of hydrogen-bond acceptors (Lipinski definition) is 5. The minimum atomic E-state index is 0.123. The number of phenolic OH excluding ortho intramolecular Hbond substituents is 1. The van der Waals surface area contributed by atoms with E-state index in [1.165, 1.54) is 0 Å². The number of aromatic hydroxyl groups is 1. The first-order valence-electron chi connectivity index (χ1n) is 8.08. The van der Waals surface area contributed by atoms with E-state index in [2.05, 4.69) is 20.5 Å². The van der Waals surface area contributed by atoms with Crippen LogP contribution in [0.1, 0.15) is 23.2 Å². The van der Waals surface area contributed by atoms with E-state index < -0.39 is 0 Å². The largest absolute Gasteiger partial charge is 0.508 e. The molecule has 3 heterocycles. The van der Waals surface area contributed by atoms with Crippen molar-refractivity contribution < 1.29 is 9.90 Å². The Labute approximate surface area is 138 Å². The number of carbonyl (C=O) groups excluding carboxylic acids is 1. The van der Waals surface area contributed by atoms with E-state index in [-0.39, 0.29) is 11.5 Å². The molecule has 24 heavy (non-hydrogen) atoms. The van der Waals surface area contributed by atoms with Crippen LogP contribution in [0.15, 0.2) is 36.5 Å². The summed E-state index contributed by atoms with van der Waals surface area (Å²) in [5.41, 5.74) is 2.80. The number of aromatic amines is 1. The number of carbonyl (C=O) groups is 1. The quantitative estimate of drug-likeness (QED) is 0.642. The zero-order chi connectivity index (χ0) is 16.5. The van der Waals surface area contributed by atoms with Gasteiger partial charge in [0.2, 0.25) is 0 Å². The van der Waals surface area contributed by atoms with Gasteiger partial charge >= 0.3 is 0 Å². The average molecular weight is 322 g/mol. The fourth-order valence-electron chi connectivity index (χ4n) is 3.20. The molecule has 2 aromatic heterocycles. The molecule has 0 spiro atoms. The molecule has 6 heteroatoms. The number of phenols is 1. The minimum absolute atomic E-state index is 0.123. The summed E-state index contributed by atoms with van der Waals surface area (Å²) in [4.78, 5) is 17.4. The molecule has 3 N–H and O–H groups in total. The lowest BCUT2D eigenvalue weighted by Gasteiger charge is -2.09. The van der Waals surface area contributed by atoms with Crippen molar-refractivity contribution in [2.45, 2.75) is 12.8 Å². The van der Waals surface area contributed by atoms with E-state index in [4.69, 9.17) is 0 Å². The van der Waals surface area contributed by atoms with Gasteiger partial charge in [0.05, 0.1) is 11.9 Å². The number of rotatable bonds is 4. The van der Waals surface area contributed by atoms with Crippen molar-refractivity contribution in [3.63, 3.8) is 0 Å². The number of pyridine rings is 1. The molecule has 1 saturated heterocycles. The molecule has 1 unspecified atom stereocenters. The Balaban J connectivity index is 1.74. The van der Waals surface area contributed by atoms with Crippen molar-refractivity contribution in [2.75, 3.05) is 13.1 Å². The summed E-state index contributed by atoms with van der Waals surface area (Å²) in [7, 11) is 0. The van der Waals surface area contributed by atoms with Crippen LogP contribution in [0.5, 0.6) is 5.75 Å². The van der Waals surface area contributed by atoms with Crippen LogP contribution < -0.4 is 5.32 Å². The number of aromatic nitrogens is 3. The highest BCUT2D eigenvalue weighted by Gasteiger charge is 2.21. The van der Waals surface area contributed by atoms with E-state index in [1.807, 2.05) is 6.07 Å². The van der Waals surface area contributed by atoms with Crippen molar-refractivity contribution >= 4 is 16.8 Å². The van der Waals surface area contributed by atoms with Gasteiger partial charge in [-0.15, -0.1) is 0 Å². The van der Waals surface area contributed by atoms with Crippen LogP contribution in [0.2, 0.25) is 0 Å². The topological polar surface area (TPSA) is 90.9 Å². The van der Waals surface area contributed by atoms with Gasteiger partial charge in [-0.2, -0.15) is 5.10 Å². The summed E-state index contributed by atoms with van der Waals surface area (Å²) in [5, 5.41) is 20.4. The van der Waals surface area contributed by atoms with Gasteiger partial charge in [-0.1, -0.05) is 0 Å². The highest BCUT2D eigenvalue weighted by Crippen LogP contribution is 2.27. The minimum Gasteiger partial charge on any atom is -0.508 e. The zero-order valence-corrected chi connectivity index (χ0v) is 13.1. The molecular formula is C18H18N4O2. The molecule has 1 atom stereocenters. The molecule has 0 amide bonds. The Morgan fingerprint density at radius 1 is 1.29 bits per heavy atom. The fraction of sp³-hybridized carbons (Fsp3) is 0.278. The van der Waals surface area contributed by atoms with E-state index in [9.17, 15) is 9.90 Å². The highest BCUT2D eigenvalue weighted by atomic mass is 16.3. The van der Waals surface area contributed by atoms with Crippen LogP contribution in [0, 0.1) is 5.92 Å². The number of hydrogen-bond donors (Lipinski definition) is 3. The molecule has 0 saturated carbocycles. The van der Waals surface area contributed by atoms with Crippen molar-refractivity contribution in [3.05, 3.63) is 42.1 Å². The van der Waals surface area contributed by atoms with Crippen molar-refractivity contribution in [3.8, 4) is 17.0 Å². The third-order valence-electron chi connectivity index (χ3n) is 4.52. The Kier molecular flexibility index (Phi) is 3.74. The van der Waals surface area contributed by atoms with Crippen LogP contribution in [0.3, 0.4) is 0 Å². The molecule has 1 fully saturated rings. The summed E-state index contributed by atoms with van der Waals surface area (Å²) in [6.07, 6.45) is 3.23.